The normalized spacial score (nSPS) is 12.5. The molecule has 100 valence electrons. The van der Waals surface area contributed by atoms with Gasteiger partial charge in [0.25, 0.3) is 0 Å². The Morgan fingerprint density at radius 1 is 1.37 bits per heavy atom. The molecule has 1 atom stereocenters. The second-order valence-electron chi connectivity index (χ2n) is 4.72. The highest BCUT2D eigenvalue weighted by Crippen LogP contribution is 2.24. The van der Waals surface area contributed by atoms with E-state index < -0.39 is 5.97 Å². The average molecular weight is 280 g/mol. The van der Waals surface area contributed by atoms with Crippen LogP contribution >= 0.6 is 11.6 Å². The number of halogens is 1. The first kappa shape index (κ1) is 13.6. The number of carbonyl (C=O) groups is 2. The number of rotatable bonds is 5. The summed E-state index contributed by atoms with van der Waals surface area (Å²) in [7, 11) is 0. The third-order valence-electron chi connectivity index (χ3n) is 3.00. The predicted molar refractivity (Wildman–Crippen MR) is 73.7 cm³/mol. The number of H-pyrrole nitrogens is 1. The van der Waals surface area contributed by atoms with Crippen molar-refractivity contribution >= 4 is 34.3 Å². The lowest BCUT2D eigenvalue weighted by molar-refractivity contribution is -0.137. The molecule has 0 bridgehead atoms. The van der Waals surface area contributed by atoms with Crippen LogP contribution in [0.1, 0.15) is 30.1 Å². The second-order valence-corrected chi connectivity index (χ2v) is 5.16. The number of hydrogen-bond donors (Lipinski definition) is 2. The van der Waals surface area contributed by atoms with Crippen molar-refractivity contribution in [2.24, 2.45) is 5.92 Å². The first-order chi connectivity index (χ1) is 8.97. The van der Waals surface area contributed by atoms with Crippen LogP contribution in [0.15, 0.2) is 24.4 Å². The lowest BCUT2D eigenvalue weighted by Crippen LogP contribution is -2.10. The minimum absolute atomic E-state index is 0.0000758. The van der Waals surface area contributed by atoms with Crippen LogP contribution < -0.4 is 0 Å². The van der Waals surface area contributed by atoms with Crippen molar-refractivity contribution in [2.45, 2.75) is 19.8 Å². The van der Waals surface area contributed by atoms with Crippen molar-refractivity contribution in [1.29, 1.82) is 0 Å². The van der Waals surface area contributed by atoms with Crippen LogP contribution in [0.5, 0.6) is 0 Å². The highest BCUT2D eigenvalue weighted by Gasteiger charge is 2.17. The van der Waals surface area contributed by atoms with Crippen LogP contribution in [0.3, 0.4) is 0 Å². The van der Waals surface area contributed by atoms with Crippen molar-refractivity contribution in [3.63, 3.8) is 0 Å². The molecule has 2 N–H and O–H groups in total. The van der Waals surface area contributed by atoms with Crippen molar-refractivity contribution < 1.29 is 14.7 Å². The van der Waals surface area contributed by atoms with E-state index in [4.69, 9.17) is 16.7 Å². The van der Waals surface area contributed by atoms with Gasteiger partial charge in [0.05, 0.1) is 0 Å². The molecular weight excluding hydrogens is 266 g/mol. The van der Waals surface area contributed by atoms with Crippen molar-refractivity contribution in [3.05, 3.63) is 35.0 Å². The number of hydrogen-bond acceptors (Lipinski definition) is 2. The number of carbonyl (C=O) groups excluding carboxylic acids is 1. The summed E-state index contributed by atoms with van der Waals surface area (Å²) >= 11 is 5.88. The molecule has 0 radical (unpaired) electrons. The van der Waals surface area contributed by atoms with Crippen molar-refractivity contribution in [2.75, 3.05) is 0 Å². The van der Waals surface area contributed by atoms with Crippen LogP contribution in [0.4, 0.5) is 0 Å². The molecule has 1 heterocycles. The largest absolute Gasteiger partial charge is 0.481 e. The van der Waals surface area contributed by atoms with Gasteiger partial charge in [-0.3, -0.25) is 9.59 Å². The van der Waals surface area contributed by atoms with E-state index >= 15 is 0 Å². The topological polar surface area (TPSA) is 70.2 Å². The van der Waals surface area contributed by atoms with Crippen LogP contribution in [0.2, 0.25) is 5.02 Å². The first-order valence-corrected chi connectivity index (χ1v) is 6.37. The van der Waals surface area contributed by atoms with Gasteiger partial charge in [-0.2, -0.15) is 0 Å². The molecule has 0 saturated carbocycles. The fourth-order valence-electron chi connectivity index (χ4n) is 2.13. The Hall–Kier alpha value is -1.81. The van der Waals surface area contributed by atoms with Gasteiger partial charge in [-0.05, 0) is 18.1 Å². The Bertz CT molecular complexity index is 633. The molecule has 1 aromatic carbocycles. The summed E-state index contributed by atoms with van der Waals surface area (Å²) in [5, 5.41) is 10.1. The molecule has 5 heteroatoms. The molecule has 0 amide bonds. The Labute approximate surface area is 115 Å². The van der Waals surface area contributed by atoms with Gasteiger partial charge in [-0.15, -0.1) is 0 Å². The van der Waals surface area contributed by atoms with E-state index in [9.17, 15) is 9.59 Å². The summed E-state index contributed by atoms with van der Waals surface area (Å²) < 4.78 is 0. The maximum atomic E-state index is 12.2. The molecule has 19 heavy (non-hydrogen) atoms. The van der Waals surface area contributed by atoms with E-state index in [1.165, 1.54) is 0 Å². The van der Waals surface area contributed by atoms with Gasteiger partial charge < -0.3 is 10.1 Å². The number of carboxylic acid groups (broad SMARTS) is 1. The maximum Gasteiger partial charge on any atom is 0.303 e. The van der Waals surface area contributed by atoms with Gasteiger partial charge in [0, 0.05) is 40.5 Å². The molecule has 0 aliphatic heterocycles. The molecule has 0 aliphatic carbocycles. The lowest BCUT2D eigenvalue weighted by Gasteiger charge is -2.06. The predicted octanol–water partition coefficient (Wildman–Crippen LogP) is 3.50. The van der Waals surface area contributed by atoms with Gasteiger partial charge in [0.1, 0.15) is 0 Å². The van der Waals surface area contributed by atoms with E-state index in [-0.39, 0.29) is 24.5 Å². The number of fused-ring (bicyclic) bond motifs is 1. The molecule has 0 saturated heterocycles. The van der Waals surface area contributed by atoms with E-state index in [1.807, 2.05) is 0 Å². The lowest BCUT2D eigenvalue weighted by atomic mass is 9.97. The summed E-state index contributed by atoms with van der Waals surface area (Å²) in [6.45, 7) is 1.76. The second kappa shape index (κ2) is 5.45. The molecular formula is C14H14ClNO3. The van der Waals surface area contributed by atoms with Gasteiger partial charge in [0.15, 0.2) is 5.78 Å². The molecule has 4 nitrogen and oxygen atoms in total. The Morgan fingerprint density at radius 3 is 2.79 bits per heavy atom. The molecule has 2 aromatic rings. The van der Waals surface area contributed by atoms with Crippen LogP contribution in [0.25, 0.3) is 10.9 Å². The number of carboxylic acids is 1. The Balaban J connectivity index is 2.20. The van der Waals surface area contributed by atoms with Crippen LogP contribution in [-0.4, -0.2) is 21.8 Å². The molecule has 2 rings (SSSR count). The standard InChI is InChI=1S/C14H14ClNO3/c1-8(5-14(18)19)4-13(17)11-7-16-12-6-9(15)2-3-10(11)12/h2-3,6-8,16H,4-5H2,1H3,(H,18,19). The van der Waals surface area contributed by atoms with Gasteiger partial charge >= 0.3 is 5.97 Å². The smallest absolute Gasteiger partial charge is 0.303 e. The molecule has 0 fully saturated rings. The molecule has 0 aliphatic rings. The SMILES string of the molecule is CC(CC(=O)O)CC(=O)c1c[nH]c2cc(Cl)ccc12. The first-order valence-electron chi connectivity index (χ1n) is 5.99. The minimum atomic E-state index is -0.883. The highest BCUT2D eigenvalue weighted by molar-refractivity contribution is 6.31. The average Bonchev–Trinajstić information content (AvgIpc) is 2.70. The number of aromatic amines is 1. The number of aromatic nitrogens is 1. The summed E-state index contributed by atoms with van der Waals surface area (Å²) in [4.78, 5) is 25.7. The number of nitrogens with one attached hydrogen (secondary N) is 1. The number of aliphatic carboxylic acids is 1. The zero-order valence-electron chi connectivity index (χ0n) is 10.4. The quantitative estimate of drug-likeness (QED) is 0.823. The summed E-state index contributed by atoms with van der Waals surface area (Å²) in [5.41, 5.74) is 1.39. The Kier molecular flexibility index (Phi) is 3.90. The highest BCUT2D eigenvalue weighted by atomic mass is 35.5. The summed E-state index contributed by atoms with van der Waals surface area (Å²) in [6.07, 6.45) is 1.87. The third kappa shape index (κ3) is 3.15. The van der Waals surface area contributed by atoms with Crippen molar-refractivity contribution in [3.8, 4) is 0 Å². The summed E-state index contributed by atoms with van der Waals surface area (Å²) in [5.74, 6) is -1.12. The van der Waals surface area contributed by atoms with Crippen molar-refractivity contribution in [1.82, 2.24) is 4.98 Å². The molecule has 1 unspecified atom stereocenters. The van der Waals surface area contributed by atoms with Gasteiger partial charge in [-0.25, -0.2) is 0 Å². The molecule has 0 spiro atoms. The fourth-order valence-corrected chi connectivity index (χ4v) is 2.30. The van der Waals surface area contributed by atoms with Gasteiger partial charge in [-0.1, -0.05) is 24.6 Å². The number of benzene rings is 1. The van der Waals surface area contributed by atoms with Crippen LogP contribution in [0, 0.1) is 5.92 Å². The van der Waals surface area contributed by atoms with E-state index in [0.29, 0.717) is 10.6 Å². The molecule has 1 aromatic heterocycles. The zero-order valence-corrected chi connectivity index (χ0v) is 11.2. The zero-order chi connectivity index (χ0) is 14.0. The van der Waals surface area contributed by atoms with Crippen LogP contribution in [-0.2, 0) is 4.79 Å². The van der Waals surface area contributed by atoms with E-state index in [2.05, 4.69) is 4.98 Å². The van der Waals surface area contributed by atoms with E-state index in [0.717, 1.165) is 10.9 Å². The minimum Gasteiger partial charge on any atom is -0.481 e. The summed E-state index contributed by atoms with van der Waals surface area (Å²) in [6, 6.07) is 5.28. The number of Topliss-reactive ketones (excluding diaryl/α,β-unsaturated/α-hetero) is 1. The fraction of sp³-hybridized carbons (Fsp3) is 0.286. The van der Waals surface area contributed by atoms with E-state index in [1.54, 1.807) is 31.3 Å². The van der Waals surface area contributed by atoms with Gasteiger partial charge in [0.2, 0.25) is 0 Å². The third-order valence-corrected chi connectivity index (χ3v) is 3.24. The maximum absolute atomic E-state index is 12.2. The monoisotopic (exact) mass is 279 g/mol. The Morgan fingerprint density at radius 2 is 2.11 bits per heavy atom. The number of ketones is 1.